The van der Waals surface area contributed by atoms with Gasteiger partial charge in [-0.1, -0.05) is 29.8 Å². The van der Waals surface area contributed by atoms with E-state index in [4.69, 9.17) is 20.8 Å². The molecule has 1 N–H and O–H groups in total. The molecule has 6 heteroatoms. The third-order valence-electron chi connectivity index (χ3n) is 3.03. The molecule has 0 atom stereocenters. The summed E-state index contributed by atoms with van der Waals surface area (Å²) in [5.41, 5.74) is 0.903. The van der Waals surface area contributed by atoms with E-state index in [-0.39, 0.29) is 17.6 Å². The van der Waals surface area contributed by atoms with Crippen LogP contribution in [0, 0.1) is 0 Å². The van der Waals surface area contributed by atoms with Crippen LogP contribution < -0.4 is 10.1 Å². The fourth-order valence-electron chi connectivity index (χ4n) is 1.91. The summed E-state index contributed by atoms with van der Waals surface area (Å²) in [5, 5.41) is 3.21. The third-order valence-corrected chi connectivity index (χ3v) is 3.34. The molecule has 2 heterocycles. The van der Waals surface area contributed by atoms with Gasteiger partial charge in [0.05, 0.1) is 5.02 Å². The molecule has 0 saturated carbocycles. The van der Waals surface area contributed by atoms with Crippen LogP contribution in [-0.4, -0.2) is 10.9 Å². The zero-order valence-corrected chi connectivity index (χ0v) is 12.8. The van der Waals surface area contributed by atoms with E-state index in [0.717, 1.165) is 5.56 Å². The fraction of sp³-hybridized carbons (Fsp3) is 0.0588. The topological polar surface area (TPSA) is 64.4 Å². The van der Waals surface area contributed by atoms with Crippen LogP contribution in [0.5, 0.6) is 11.7 Å². The number of halogens is 1. The number of hydrogen-bond acceptors (Lipinski definition) is 4. The van der Waals surface area contributed by atoms with Crippen molar-refractivity contribution < 1.29 is 13.9 Å². The predicted molar refractivity (Wildman–Crippen MR) is 85.6 cm³/mol. The predicted octanol–water partition coefficient (Wildman–Crippen LogP) is 4.05. The smallest absolute Gasteiger partial charge is 0.290 e. The molecule has 0 aliphatic rings. The van der Waals surface area contributed by atoms with Crippen molar-refractivity contribution in [2.24, 2.45) is 0 Å². The Hall–Kier alpha value is -2.79. The molecule has 5 nitrogen and oxygen atoms in total. The number of ether oxygens (including phenoxy) is 1. The zero-order valence-electron chi connectivity index (χ0n) is 12.0. The summed E-state index contributed by atoms with van der Waals surface area (Å²) in [4.78, 5) is 16.0. The van der Waals surface area contributed by atoms with Gasteiger partial charge in [0.2, 0.25) is 0 Å². The number of hydrogen-bond donors (Lipinski definition) is 1. The van der Waals surface area contributed by atoms with Crippen molar-refractivity contribution in [2.75, 3.05) is 0 Å². The van der Waals surface area contributed by atoms with Gasteiger partial charge in [0.1, 0.15) is 5.75 Å². The van der Waals surface area contributed by atoms with E-state index in [0.29, 0.717) is 17.3 Å². The molecule has 0 radical (unpaired) electrons. The van der Waals surface area contributed by atoms with Crippen LogP contribution >= 0.6 is 11.6 Å². The molecule has 0 saturated heterocycles. The third kappa shape index (κ3) is 3.90. The number of rotatable bonds is 5. The van der Waals surface area contributed by atoms with E-state index in [1.807, 2.05) is 12.1 Å². The highest BCUT2D eigenvalue weighted by atomic mass is 35.5. The minimum atomic E-state index is -0.331. The highest BCUT2D eigenvalue weighted by Crippen LogP contribution is 2.29. The monoisotopic (exact) mass is 328 g/mol. The lowest BCUT2D eigenvalue weighted by Gasteiger charge is -2.04. The Morgan fingerprint density at radius 1 is 1.17 bits per heavy atom. The summed E-state index contributed by atoms with van der Waals surface area (Å²) in [6, 6.07) is 13.8. The largest absolute Gasteiger partial charge is 0.424 e. The minimum Gasteiger partial charge on any atom is -0.424 e. The number of nitrogens with one attached hydrogen (secondary N) is 1. The average molecular weight is 329 g/mol. The zero-order chi connectivity index (χ0) is 16.1. The highest BCUT2D eigenvalue weighted by Gasteiger charge is 2.13. The second-order valence-electron chi connectivity index (χ2n) is 4.70. The molecule has 0 aliphatic heterocycles. The van der Waals surface area contributed by atoms with Crippen molar-refractivity contribution in [2.45, 2.75) is 6.54 Å². The highest BCUT2D eigenvalue weighted by molar-refractivity contribution is 6.32. The minimum absolute atomic E-state index is 0.163. The summed E-state index contributed by atoms with van der Waals surface area (Å²) in [6.07, 6.45) is 3.37. The van der Waals surface area contributed by atoms with Crippen LogP contribution in [0.3, 0.4) is 0 Å². The fourth-order valence-corrected chi connectivity index (χ4v) is 2.08. The van der Waals surface area contributed by atoms with E-state index < -0.39 is 0 Å². The lowest BCUT2D eigenvalue weighted by atomic mass is 10.3. The number of para-hydroxylation sites is 1. The van der Waals surface area contributed by atoms with Gasteiger partial charge in [0.15, 0.2) is 5.76 Å². The van der Waals surface area contributed by atoms with E-state index in [2.05, 4.69) is 10.3 Å². The number of benzene rings is 1. The Morgan fingerprint density at radius 2 is 2.04 bits per heavy atom. The van der Waals surface area contributed by atoms with E-state index in [9.17, 15) is 4.79 Å². The van der Waals surface area contributed by atoms with Crippen molar-refractivity contribution in [3.63, 3.8) is 0 Å². The first-order valence-corrected chi connectivity index (χ1v) is 7.29. The molecule has 116 valence electrons. The van der Waals surface area contributed by atoms with Crippen molar-refractivity contribution >= 4 is 17.5 Å². The number of amides is 1. The molecule has 0 bridgehead atoms. The Kier molecular flexibility index (Phi) is 4.59. The van der Waals surface area contributed by atoms with Gasteiger partial charge >= 0.3 is 0 Å². The maximum absolute atomic E-state index is 12.0. The standard InChI is InChI=1S/C17H13ClN2O3/c18-13-5-1-2-6-14(13)22-16-8-7-15(23-16)17(21)20-11-12-4-3-9-19-10-12/h1-10H,11H2,(H,20,21). The van der Waals surface area contributed by atoms with Gasteiger partial charge in [-0.3, -0.25) is 9.78 Å². The maximum atomic E-state index is 12.0. The van der Waals surface area contributed by atoms with Crippen molar-refractivity contribution in [3.8, 4) is 11.7 Å². The lowest BCUT2D eigenvalue weighted by molar-refractivity contribution is 0.0918. The molecular weight excluding hydrogens is 316 g/mol. The van der Waals surface area contributed by atoms with Crippen molar-refractivity contribution in [3.05, 3.63) is 77.3 Å². The first-order chi connectivity index (χ1) is 11.2. The molecule has 3 aromatic rings. The molecule has 0 fully saturated rings. The quantitative estimate of drug-likeness (QED) is 0.767. The number of nitrogens with zero attached hydrogens (tertiary/aromatic N) is 1. The molecule has 3 rings (SSSR count). The number of aromatic nitrogens is 1. The van der Waals surface area contributed by atoms with Gasteiger partial charge in [-0.15, -0.1) is 0 Å². The first-order valence-electron chi connectivity index (χ1n) is 6.92. The van der Waals surface area contributed by atoms with E-state index in [1.165, 1.54) is 0 Å². The van der Waals surface area contributed by atoms with Crippen LogP contribution in [0.4, 0.5) is 0 Å². The molecule has 2 aromatic heterocycles. The summed E-state index contributed by atoms with van der Waals surface area (Å²) in [5.74, 6) is 0.495. The Morgan fingerprint density at radius 3 is 2.83 bits per heavy atom. The Bertz CT molecular complexity index is 802. The van der Waals surface area contributed by atoms with Gasteiger partial charge < -0.3 is 14.5 Å². The molecule has 1 amide bonds. The molecular formula is C17H13ClN2O3. The second kappa shape index (κ2) is 6.98. The normalized spacial score (nSPS) is 10.3. The molecule has 1 aromatic carbocycles. The second-order valence-corrected chi connectivity index (χ2v) is 5.10. The summed E-state index contributed by atoms with van der Waals surface area (Å²) in [7, 11) is 0. The van der Waals surface area contributed by atoms with Crippen LogP contribution in [0.2, 0.25) is 5.02 Å². The summed E-state index contributed by atoms with van der Waals surface area (Å²) in [6.45, 7) is 0.369. The Labute approximate surface area is 137 Å². The van der Waals surface area contributed by atoms with Crippen molar-refractivity contribution in [1.29, 1.82) is 0 Å². The average Bonchev–Trinajstić information content (AvgIpc) is 3.04. The summed E-state index contributed by atoms with van der Waals surface area (Å²) >= 11 is 6.01. The number of carbonyl (C=O) groups excluding carboxylic acids is 1. The molecule has 0 unspecified atom stereocenters. The van der Waals surface area contributed by atoms with Crippen LogP contribution in [-0.2, 0) is 6.54 Å². The van der Waals surface area contributed by atoms with Crippen LogP contribution in [0.25, 0.3) is 0 Å². The van der Waals surface area contributed by atoms with Gasteiger partial charge in [-0.25, -0.2) is 0 Å². The molecule has 23 heavy (non-hydrogen) atoms. The van der Waals surface area contributed by atoms with Crippen LogP contribution in [0.1, 0.15) is 16.1 Å². The van der Waals surface area contributed by atoms with E-state index in [1.54, 1.807) is 48.8 Å². The first kappa shape index (κ1) is 15.1. The van der Waals surface area contributed by atoms with E-state index >= 15 is 0 Å². The van der Waals surface area contributed by atoms with Gasteiger partial charge in [0, 0.05) is 25.0 Å². The van der Waals surface area contributed by atoms with Gasteiger partial charge in [-0.2, -0.15) is 0 Å². The van der Waals surface area contributed by atoms with Gasteiger partial charge in [0.25, 0.3) is 11.9 Å². The maximum Gasteiger partial charge on any atom is 0.290 e. The van der Waals surface area contributed by atoms with Crippen LogP contribution in [0.15, 0.2) is 65.3 Å². The number of furan rings is 1. The molecule has 0 spiro atoms. The number of carbonyl (C=O) groups is 1. The molecule has 0 aliphatic carbocycles. The number of pyridine rings is 1. The SMILES string of the molecule is O=C(NCc1cccnc1)c1ccc(Oc2ccccc2Cl)o1. The lowest BCUT2D eigenvalue weighted by Crippen LogP contribution is -2.22. The summed E-state index contributed by atoms with van der Waals surface area (Å²) < 4.78 is 10.9. The Balaban J connectivity index is 1.62. The van der Waals surface area contributed by atoms with Crippen molar-refractivity contribution in [1.82, 2.24) is 10.3 Å². The van der Waals surface area contributed by atoms with Gasteiger partial charge in [-0.05, 0) is 29.8 Å².